The summed E-state index contributed by atoms with van der Waals surface area (Å²) in [4.78, 5) is 13.7. The first-order valence-electron chi connectivity index (χ1n) is 6.52. The number of hydrogen-bond acceptors (Lipinski definition) is 3. The molecule has 1 atom stereocenters. The van der Waals surface area contributed by atoms with Gasteiger partial charge >= 0.3 is 0 Å². The average Bonchev–Trinajstić information content (AvgIpc) is 2.41. The molecular weight excluding hydrogens is 306 g/mol. The molecule has 1 unspecified atom stereocenters. The molecule has 1 amide bonds. The Morgan fingerprint density at radius 1 is 1.42 bits per heavy atom. The minimum atomic E-state index is 0.0176. The van der Waals surface area contributed by atoms with E-state index in [0.717, 1.165) is 23.0 Å². The van der Waals surface area contributed by atoms with Gasteiger partial charge in [-0.05, 0) is 30.7 Å². The molecular formula is C14H22BrN3O. The molecule has 1 rings (SSSR count). The van der Waals surface area contributed by atoms with Crippen molar-refractivity contribution < 1.29 is 4.79 Å². The van der Waals surface area contributed by atoms with Crippen LogP contribution in [0.3, 0.4) is 0 Å². The van der Waals surface area contributed by atoms with Gasteiger partial charge in [0, 0.05) is 24.1 Å². The van der Waals surface area contributed by atoms with E-state index in [1.165, 1.54) is 0 Å². The van der Waals surface area contributed by atoms with Gasteiger partial charge in [0.25, 0.3) is 0 Å². The summed E-state index contributed by atoms with van der Waals surface area (Å²) in [5.41, 5.74) is 7.05. The molecule has 1 aromatic rings. The lowest BCUT2D eigenvalue weighted by molar-refractivity contribution is -0.122. The van der Waals surface area contributed by atoms with Crippen LogP contribution in [-0.4, -0.2) is 37.5 Å². The lowest BCUT2D eigenvalue weighted by atomic mass is 10.0. The van der Waals surface area contributed by atoms with Crippen molar-refractivity contribution in [3.05, 3.63) is 34.3 Å². The first-order valence-corrected chi connectivity index (χ1v) is 7.31. The minimum absolute atomic E-state index is 0.0176. The highest BCUT2D eigenvalue weighted by atomic mass is 79.9. The fourth-order valence-corrected chi connectivity index (χ4v) is 2.34. The Hall–Kier alpha value is -0.910. The molecule has 0 aliphatic rings. The van der Waals surface area contributed by atoms with E-state index in [1.54, 1.807) is 7.05 Å². The third-order valence-corrected chi connectivity index (χ3v) is 3.58. The van der Waals surface area contributed by atoms with Crippen LogP contribution in [-0.2, 0) is 4.79 Å². The minimum Gasteiger partial charge on any atom is -0.358 e. The van der Waals surface area contributed by atoms with Gasteiger partial charge < -0.3 is 11.1 Å². The Balaban J connectivity index is 2.88. The Morgan fingerprint density at radius 2 is 2.05 bits per heavy atom. The van der Waals surface area contributed by atoms with Gasteiger partial charge in [-0.2, -0.15) is 0 Å². The second-order valence-electron chi connectivity index (χ2n) is 4.45. The topological polar surface area (TPSA) is 58.4 Å². The van der Waals surface area contributed by atoms with Crippen LogP contribution < -0.4 is 11.1 Å². The van der Waals surface area contributed by atoms with Crippen molar-refractivity contribution in [2.45, 2.75) is 19.4 Å². The van der Waals surface area contributed by atoms with Gasteiger partial charge in [-0.1, -0.05) is 35.0 Å². The van der Waals surface area contributed by atoms with E-state index in [4.69, 9.17) is 5.73 Å². The molecule has 4 nitrogen and oxygen atoms in total. The summed E-state index contributed by atoms with van der Waals surface area (Å²) < 4.78 is 1.04. The second kappa shape index (κ2) is 8.30. The van der Waals surface area contributed by atoms with E-state index in [1.807, 2.05) is 24.3 Å². The number of likely N-dealkylation sites (N-methyl/N-ethyl adjacent to an activating group) is 1. The van der Waals surface area contributed by atoms with E-state index in [-0.39, 0.29) is 11.9 Å². The monoisotopic (exact) mass is 327 g/mol. The van der Waals surface area contributed by atoms with E-state index in [2.05, 4.69) is 33.1 Å². The molecule has 0 radical (unpaired) electrons. The molecule has 0 fully saturated rings. The molecule has 106 valence electrons. The van der Waals surface area contributed by atoms with Crippen molar-refractivity contribution in [3.63, 3.8) is 0 Å². The fourth-order valence-electron chi connectivity index (χ4n) is 2.08. The quantitative estimate of drug-likeness (QED) is 0.804. The molecule has 19 heavy (non-hydrogen) atoms. The van der Waals surface area contributed by atoms with Gasteiger partial charge in [-0.25, -0.2) is 0 Å². The zero-order chi connectivity index (χ0) is 14.3. The van der Waals surface area contributed by atoms with Crippen LogP contribution >= 0.6 is 15.9 Å². The smallest absolute Gasteiger partial charge is 0.233 e. The average molecular weight is 328 g/mol. The first kappa shape index (κ1) is 16.1. The van der Waals surface area contributed by atoms with E-state index >= 15 is 0 Å². The molecule has 5 heteroatoms. The molecule has 0 saturated carbocycles. The van der Waals surface area contributed by atoms with Crippen LogP contribution in [0.2, 0.25) is 0 Å². The van der Waals surface area contributed by atoms with Crippen molar-refractivity contribution in [3.8, 4) is 0 Å². The van der Waals surface area contributed by atoms with Crippen molar-refractivity contribution in [1.82, 2.24) is 10.2 Å². The fraction of sp³-hybridized carbons (Fsp3) is 0.500. The highest BCUT2D eigenvalue weighted by Crippen LogP contribution is 2.21. The Labute approximate surface area is 123 Å². The molecule has 0 spiro atoms. The van der Waals surface area contributed by atoms with E-state index in [9.17, 15) is 4.79 Å². The zero-order valence-corrected chi connectivity index (χ0v) is 13.1. The highest BCUT2D eigenvalue weighted by Gasteiger charge is 2.20. The van der Waals surface area contributed by atoms with Crippen LogP contribution in [0.15, 0.2) is 28.7 Å². The predicted octanol–water partition coefficient (Wildman–Crippen LogP) is 1.91. The summed E-state index contributed by atoms with van der Waals surface area (Å²) >= 11 is 3.43. The summed E-state index contributed by atoms with van der Waals surface area (Å²) in [5.74, 6) is 0.0176. The third-order valence-electron chi connectivity index (χ3n) is 3.06. The maximum Gasteiger partial charge on any atom is 0.233 e. The van der Waals surface area contributed by atoms with Gasteiger partial charge in [-0.15, -0.1) is 0 Å². The number of carbonyl (C=O) groups is 1. The number of amides is 1. The largest absolute Gasteiger partial charge is 0.358 e. The number of nitrogens with two attached hydrogens (primary N) is 1. The second-order valence-corrected chi connectivity index (χ2v) is 5.36. The first-order chi connectivity index (χ1) is 9.12. The summed E-state index contributed by atoms with van der Waals surface area (Å²) in [6.45, 7) is 3.83. The maximum absolute atomic E-state index is 11.6. The SMILES string of the molecule is CCCN(CC(=O)NC)C(CN)c1ccc(Br)cc1. The van der Waals surface area contributed by atoms with Gasteiger partial charge in [0.15, 0.2) is 0 Å². The summed E-state index contributed by atoms with van der Waals surface area (Å²) in [5, 5.41) is 2.66. The normalized spacial score (nSPS) is 12.5. The Kier molecular flexibility index (Phi) is 7.05. The molecule has 0 aliphatic carbocycles. The van der Waals surface area contributed by atoms with Gasteiger partial charge in [-0.3, -0.25) is 9.69 Å². The number of halogens is 1. The summed E-state index contributed by atoms with van der Waals surface area (Å²) in [6.07, 6.45) is 0.990. The van der Waals surface area contributed by atoms with Crippen molar-refractivity contribution in [2.24, 2.45) is 5.73 Å². The van der Waals surface area contributed by atoms with E-state index in [0.29, 0.717) is 13.1 Å². The summed E-state index contributed by atoms with van der Waals surface area (Å²) in [7, 11) is 1.66. The lowest BCUT2D eigenvalue weighted by Gasteiger charge is -2.30. The molecule has 1 aromatic carbocycles. The molecule has 3 N–H and O–H groups in total. The van der Waals surface area contributed by atoms with Gasteiger partial charge in [0.1, 0.15) is 0 Å². The van der Waals surface area contributed by atoms with Crippen LogP contribution in [0.4, 0.5) is 0 Å². The number of rotatable bonds is 7. The summed E-state index contributed by atoms with van der Waals surface area (Å²) in [6, 6.07) is 8.18. The Bertz CT molecular complexity index is 394. The van der Waals surface area contributed by atoms with Gasteiger partial charge in [0.05, 0.1) is 6.54 Å². The molecule has 0 heterocycles. The van der Waals surface area contributed by atoms with Crippen molar-refractivity contribution in [1.29, 1.82) is 0 Å². The number of nitrogens with one attached hydrogen (secondary N) is 1. The van der Waals surface area contributed by atoms with Gasteiger partial charge in [0.2, 0.25) is 5.91 Å². The van der Waals surface area contributed by atoms with E-state index < -0.39 is 0 Å². The number of nitrogens with zero attached hydrogens (tertiary/aromatic N) is 1. The standard InChI is InChI=1S/C14H22BrN3O/c1-3-8-18(10-14(19)17-2)13(9-16)11-4-6-12(15)7-5-11/h4-7,13H,3,8-10,16H2,1-2H3,(H,17,19). The van der Waals surface area contributed by atoms with Crippen LogP contribution in [0.5, 0.6) is 0 Å². The highest BCUT2D eigenvalue weighted by molar-refractivity contribution is 9.10. The number of benzene rings is 1. The number of carbonyl (C=O) groups excluding carboxylic acids is 1. The van der Waals surface area contributed by atoms with Crippen LogP contribution in [0.1, 0.15) is 24.9 Å². The van der Waals surface area contributed by atoms with Crippen LogP contribution in [0, 0.1) is 0 Å². The van der Waals surface area contributed by atoms with Crippen LogP contribution in [0.25, 0.3) is 0 Å². The molecule has 0 aromatic heterocycles. The lowest BCUT2D eigenvalue weighted by Crippen LogP contribution is -2.41. The Morgan fingerprint density at radius 3 is 2.53 bits per heavy atom. The third kappa shape index (κ3) is 4.93. The molecule has 0 aliphatic heterocycles. The maximum atomic E-state index is 11.6. The predicted molar refractivity (Wildman–Crippen MR) is 81.9 cm³/mol. The van der Waals surface area contributed by atoms with Crippen molar-refractivity contribution in [2.75, 3.05) is 26.7 Å². The molecule has 0 saturated heterocycles. The molecule has 0 bridgehead atoms. The van der Waals surface area contributed by atoms with Crippen molar-refractivity contribution >= 4 is 21.8 Å². The zero-order valence-electron chi connectivity index (χ0n) is 11.5. The number of hydrogen-bond donors (Lipinski definition) is 2.